The highest BCUT2D eigenvalue weighted by Crippen LogP contribution is 2.08. The second-order valence-electron chi connectivity index (χ2n) is 4.65. The average Bonchev–Trinajstić information content (AvgIpc) is 2.76. The van der Waals surface area contributed by atoms with E-state index in [9.17, 15) is 0 Å². The molecular weight excluding hydrogens is 339 g/mol. The van der Waals surface area contributed by atoms with Gasteiger partial charge in [0, 0.05) is 18.9 Å². The number of hydrogen-bond acceptors (Lipinski definition) is 3. The summed E-state index contributed by atoms with van der Waals surface area (Å²) in [5.74, 6) is 1.52. The first kappa shape index (κ1) is 13.5. The highest BCUT2D eigenvalue weighted by molar-refractivity contribution is 14.1. The topological polar surface area (TPSA) is 42.7 Å². The Hall–Kier alpha value is -0.950. The molecule has 0 aliphatic heterocycles. The summed E-state index contributed by atoms with van der Waals surface area (Å²) in [6, 6.07) is 4.08. The lowest BCUT2D eigenvalue weighted by Crippen LogP contribution is -2.19. The highest BCUT2D eigenvalue weighted by Gasteiger charge is 2.01. The highest BCUT2D eigenvalue weighted by atomic mass is 127. The fourth-order valence-corrected chi connectivity index (χ4v) is 1.98. The molecule has 0 saturated heterocycles. The molecule has 0 fully saturated rings. The molecule has 0 radical (unpaired) electrons. The molecule has 0 spiro atoms. The van der Waals surface area contributed by atoms with Gasteiger partial charge >= 0.3 is 0 Å². The van der Waals surface area contributed by atoms with Crippen LogP contribution in [0.5, 0.6) is 0 Å². The first-order valence-corrected chi connectivity index (χ1v) is 7.09. The van der Waals surface area contributed by atoms with E-state index in [1.165, 1.54) is 5.56 Å². The molecule has 0 saturated carbocycles. The van der Waals surface area contributed by atoms with Crippen LogP contribution in [0.2, 0.25) is 0 Å². The van der Waals surface area contributed by atoms with Crippen molar-refractivity contribution >= 4 is 22.6 Å². The van der Waals surface area contributed by atoms with E-state index in [2.05, 4.69) is 57.9 Å². The molecular formula is C13H17IN4. The van der Waals surface area contributed by atoms with E-state index in [0.29, 0.717) is 5.92 Å². The van der Waals surface area contributed by atoms with Crippen LogP contribution in [0, 0.1) is 9.49 Å². The summed E-state index contributed by atoms with van der Waals surface area (Å²) in [4.78, 5) is 4.42. The zero-order valence-corrected chi connectivity index (χ0v) is 12.8. The number of nitrogens with one attached hydrogen (secondary N) is 1. The van der Waals surface area contributed by atoms with Crippen molar-refractivity contribution in [3.8, 4) is 5.82 Å². The molecule has 18 heavy (non-hydrogen) atoms. The van der Waals surface area contributed by atoms with E-state index >= 15 is 0 Å². The SMILES string of the molecule is CC(C)CNCc1ccc(-n2cc(I)cn2)nc1. The van der Waals surface area contributed by atoms with Gasteiger partial charge in [-0.05, 0) is 46.7 Å². The monoisotopic (exact) mass is 356 g/mol. The Morgan fingerprint density at radius 2 is 2.17 bits per heavy atom. The first-order chi connectivity index (χ1) is 8.65. The van der Waals surface area contributed by atoms with Crippen molar-refractivity contribution in [2.45, 2.75) is 20.4 Å². The van der Waals surface area contributed by atoms with Crippen molar-refractivity contribution in [2.24, 2.45) is 5.92 Å². The lowest BCUT2D eigenvalue weighted by Gasteiger charge is -2.07. The lowest BCUT2D eigenvalue weighted by atomic mass is 10.2. The number of nitrogens with zero attached hydrogens (tertiary/aromatic N) is 3. The van der Waals surface area contributed by atoms with Gasteiger partial charge in [0.15, 0.2) is 5.82 Å². The Morgan fingerprint density at radius 3 is 2.72 bits per heavy atom. The van der Waals surface area contributed by atoms with Crippen molar-refractivity contribution in [2.75, 3.05) is 6.54 Å². The van der Waals surface area contributed by atoms with Crippen LogP contribution >= 0.6 is 22.6 Å². The molecule has 0 aromatic carbocycles. The maximum atomic E-state index is 4.42. The minimum Gasteiger partial charge on any atom is -0.312 e. The molecule has 4 nitrogen and oxygen atoms in total. The minimum absolute atomic E-state index is 0.670. The molecule has 2 heterocycles. The van der Waals surface area contributed by atoms with Crippen LogP contribution in [-0.4, -0.2) is 21.3 Å². The van der Waals surface area contributed by atoms with Gasteiger partial charge in [-0.15, -0.1) is 0 Å². The largest absolute Gasteiger partial charge is 0.312 e. The maximum Gasteiger partial charge on any atom is 0.153 e. The molecule has 1 N–H and O–H groups in total. The van der Waals surface area contributed by atoms with Gasteiger partial charge in [-0.1, -0.05) is 19.9 Å². The fourth-order valence-electron chi connectivity index (χ4n) is 1.59. The fraction of sp³-hybridized carbons (Fsp3) is 0.385. The molecule has 0 aliphatic carbocycles. The molecule has 0 unspecified atom stereocenters. The molecule has 0 atom stereocenters. The number of rotatable bonds is 5. The van der Waals surface area contributed by atoms with E-state index in [1.807, 2.05) is 24.7 Å². The van der Waals surface area contributed by atoms with Gasteiger partial charge in [0.25, 0.3) is 0 Å². The molecule has 2 aromatic heterocycles. The van der Waals surface area contributed by atoms with Gasteiger partial charge in [0.1, 0.15) is 0 Å². The Balaban J connectivity index is 1.97. The second-order valence-corrected chi connectivity index (χ2v) is 5.90. The lowest BCUT2D eigenvalue weighted by molar-refractivity contribution is 0.552. The van der Waals surface area contributed by atoms with Crippen LogP contribution < -0.4 is 5.32 Å². The van der Waals surface area contributed by atoms with Gasteiger partial charge in [0.2, 0.25) is 0 Å². The number of hydrogen-bond donors (Lipinski definition) is 1. The molecule has 0 aliphatic rings. The van der Waals surface area contributed by atoms with Gasteiger partial charge in [0.05, 0.1) is 9.77 Å². The van der Waals surface area contributed by atoms with Gasteiger partial charge < -0.3 is 5.32 Å². The Labute approximate surface area is 121 Å². The zero-order chi connectivity index (χ0) is 13.0. The predicted molar refractivity (Wildman–Crippen MR) is 80.6 cm³/mol. The molecule has 96 valence electrons. The molecule has 5 heteroatoms. The van der Waals surface area contributed by atoms with Gasteiger partial charge in [-0.3, -0.25) is 0 Å². The van der Waals surface area contributed by atoms with Crippen LogP contribution in [0.1, 0.15) is 19.4 Å². The second kappa shape index (κ2) is 6.29. The first-order valence-electron chi connectivity index (χ1n) is 6.01. The Bertz CT molecular complexity index is 490. The van der Waals surface area contributed by atoms with Crippen molar-refractivity contribution in [3.05, 3.63) is 39.9 Å². The predicted octanol–water partition coefficient (Wildman–Crippen LogP) is 2.62. The summed E-state index contributed by atoms with van der Waals surface area (Å²) in [6.07, 6.45) is 5.68. The summed E-state index contributed by atoms with van der Waals surface area (Å²) < 4.78 is 2.89. The zero-order valence-electron chi connectivity index (χ0n) is 10.6. The van der Waals surface area contributed by atoms with Crippen molar-refractivity contribution < 1.29 is 0 Å². The minimum atomic E-state index is 0.670. The van der Waals surface area contributed by atoms with E-state index in [4.69, 9.17) is 0 Å². The molecule has 0 bridgehead atoms. The third-order valence-corrected chi connectivity index (χ3v) is 3.03. The van der Waals surface area contributed by atoms with Gasteiger partial charge in [-0.2, -0.15) is 5.10 Å². The van der Waals surface area contributed by atoms with E-state index < -0.39 is 0 Å². The summed E-state index contributed by atoms with van der Waals surface area (Å²) in [6.45, 7) is 6.29. The molecule has 0 amide bonds. The van der Waals surface area contributed by atoms with Crippen LogP contribution in [0.25, 0.3) is 5.82 Å². The number of pyridine rings is 1. The smallest absolute Gasteiger partial charge is 0.153 e. The van der Waals surface area contributed by atoms with Crippen LogP contribution in [0.3, 0.4) is 0 Å². The van der Waals surface area contributed by atoms with Gasteiger partial charge in [-0.25, -0.2) is 9.67 Å². The normalized spacial score (nSPS) is 11.1. The summed E-state index contributed by atoms with van der Waals surface area (Å²) in [7, 11) is 0. The van der Waals surface area contributed by atoms with Crippen LogP contribution in [-0.2, 0) is 6.54 Å². The quantitative estimate of drug-likeness (QED) is 0.838. The number of aromatic nitrogens is 3. The van der Waals surface area contributed by atoms with Crippen molar-refractivity contribution in [1.29, 1.82) is 0 Å². The van der Waals surface area contributed by atoms with E-state index in [1.54, 1.807) is 4.68 Å². The van der Waals surface area contributed by atoms with Crippen LogP contribution in [0.4, 0.5) is 0 Å². The molecule has 2 aromatic rings. The average molecular weight is 356 g/mol. The van der Waals surface area contributed by atoms with E-state index in [0.717, 1.165) is 22.5 Å². The third kappa shape index (κ3) is 3.78. The van der Waals surface area contributed by atoms with Crippen molar-refractivity contribution in [3.63, 3.8) is 0 Å². The van der Waals surface area contributed by atoms with Crippen molar-refractivity contribution in [1.82, 2.24) is 20.1 Å². The maximum absolute atomic E-state index is 4.42. The van der Waals surface area contributed by atoms with E-state index in [-0.39, 0.29) is 0 Å². The Kier molecular flexibility index (Phi) is 4.71. The Morgan fingerprint density at radius 1 is 1.33 bits per heavy atom. The third-order valence-electron chi connectivity index (χ3n) is 2.48. The summed E-state index contributed by atoms with van der Waals surface area (Å²) in [5, 5.41) is 7.63. The summed E-state index contributed by atoms with van der Waals surface area (Å²) >= 11 is 2.24. The summed E-state index contributed by atoms with van der Waals surface area (Å²) in [5.41, 5.74) is 1.20. The standard InChI is InChI=1S/C13H17IN4/c1-10(2)5-15-6-11-3-4-13(16-7-11)18-9-12(14)8-17-18/h3-4,7-10,15H,5-6H2,1-2H3. The molecule has 2 rings (SSSR count). The van der Waals surface area contributed by atoms with Crippen LogP contribution in [0.15, 0.2) is 30.7 Å². The number of halogens is 1.